The van der Waals surface area contributed by atoms with E-state index in [1.54, 1.807) is 5.01 Å². The molecule has 0 aromatic heterocycles. The fourth-order valence-electron chi connectivity index (χ4n) is 0.586. The number of hydrogen-bond acceptors (Lipinski definition) is 3. The average Bonchev–Trinajstić information content (AvgIpc) is 1.98. The van der Waals surface area contributed by atoms with Crippen LogP contribution in [-0.2, 0) is 4.74 Å². The standard InChI is InChI=1S/C7H18N2O/c1-3-6-10-7-5-9(8)4-2/h3-8H2,1-2H3. The van der Waals surface area contributed by atoms with E-state index >= 15 is 0 Å². The molecule has 0 amide bonds. The number of nitrogens with zero attached hydrogens (tertiary/aromatic N) is 1. The van der Waals surface area contributed by atoms with Crippen molar-refractivity contribution in [1.82, 2.24) is 5.01 Å². The molecular weight excluding hydrogens is 128 g/mol. The van der Waals surface area contributed by atoms with Crippen LogP contribution in [0.3, 0.4) is 0 Å². The van der Waals surface area contributed by atoms with Gasteiger partial charge in [-0.15, -0.1) is 0 Å². The highest BCUT2D eigenvalue weighted by Crippen LogP contribution is 1.81. The SMILES string of the molecule is CCCOCCN(N)CC. The van der Waals surface area contributed by atoms with Gasteiger partial charge in [0.15, 0.2) is 0 Å². The quantitative estimate of drug-likeness (QED) is 0.339. The maximum absolute atomic E-state index is 5.51. The molecule has 0 saturated heterocycles. The molecule has 3 heteroatoms. The third-order valence-electron chi connectivity index (χ3n) is 1.28. The molecule has 0 aliphatic carbocycles. The third kappa shape index (κ3) is 6.01. The lowest BCUT2D eigenvalue weighted by molar-refractivity contribution is 0.106. The fourth-order valence-corrected chi connectivity index (χ4v) is 0.586. The Morgan fingerprint density at radius 1 is 1.30 bits per heavy atom. The minimum Gasteiger partial charge on any atom is -0.380 e. The van der Waals surface area contributed by atoms with Crippen molar-refractivity contribution < 1.29 is 4.74 Å². The fraction of sp³-hybridized carbons (Fsp3) is 1.00. The van der Waals surface area contributed by atoms with Crippen molar-refractivity contribution in [3.63, 3.8) is 0 Å². The van der Waals surface area contributed by atoms with Gasteiger partial charge in [0.1, 0.15) is 0 Å². The second-order valence-electron chi connectivity index (χ2n) is 2.24. The molecule has 0 rings (SSSR count). The van der Waals surface area contributed by atoms with Crippen LogP contribution in [0.15, 0.2) is 0 Å². The summed E-state index contributed by atoms with van der Waals surface area (Å²) in [6, 6.07) is 0. The van der Waals surface area contributed by atoms with Crippen molar-refractivity contribution >= 4 is 0 Å². The highest BCUT2D eigenvalue weighted by Gasteiger charge is 1.92. The molecule has 0 heterocycles. The molecule has 10 heavy (non-hydrogen) atoms. The van der Waals surface area contributed by atoms with Crippen LogP contribution >= 0.6 is 0 Å². The normalized spacial score (nSPS) is 10.8. The van der Waals surface area contributed by atoms with Gasteiger partial charge in [0, 0.05) is 19.7 Å². The summed E-state index contributed by atoms with van der Waals surface area (Å²) in [4.78, 5) is 0. The Morgan fingerprint density at radius 3 is 2.50 bits per heavy atom. The third-order valence-corrected chi connectivity index (χ3v) is 1.28. The lowest BCUT2D eigenvalue weighted by atomic mass is 10.5. The zero-order chi connectivity index (χ0) is 7.82. The molecular formula is C7H18N2O. The summed E-state index contributed by atoms with van der Waals surface area (Å²) in [5, 5.41) is 1.75. The number of likely N-dealkylation sites (N-methyl/N-ethyl adjacent to an activating group) is 1. The number of hydrogen-bond donors (Lipinski definition) is 1. The van der Waals surface area contributed by atoms with E-state index in [0.29, 0.717) is 0 Å². The first-order valence-electron chi connectivity index (χ1n) is 3.88. The molecule has 0 aromatic carbocycles. The molecule has 0 saturated carbocycles. The Labute approximate surface area is 63.1 Å². The summed E-state index contributed by atoms with van der Waals surface area (Å²) < 4.78 is 5.23. The second kappa shape index (κ2) is 6.99. The van der Waals surface area contributed by atoms with Crippen LogP contribution in [0.25, 0.3) is 0 Å². The molecule has 62 valence electrons. The molecule has 0 spiro atoms. The van der Waals surface area contributed by atoms with Gasteiger partial charge < -0.3 is 4.74 Å². The summed E-state index contributed by atoms with van der Waals surface area (Å²) in [5.41, 5.74) is 0. The van der Waals surface area contributed by atoms with Gasteiger partial charge >= 0.3 is 0 Å². The second-order valence-corrected chi connectivity index (χ2v) is 2.24. The van der Waals surface area contributed by atoms with Crippen molar-refractivity contribution in [2.45, 2.75) is 20.3 Å². The summed E-state index contributed by atoms with van der Waals surface area (Å²) in [6.45, 7) is 7.43. The first kappa shape index (κ1) is 9.88. The van der Waals surface area contributed by atoms with E-state index in [1.807, 2.05) is 6.92 Å². The van der Waals surface area contributed by atoms with Crippen molar-refractivity contribution in [3.05, 3.63) is 0 Å². The molecule has 2 N–H and O–H groups in total. The molecule has 0 aromatic rings. The summed E-state index contributed by atoms with van der Waals surface area (Å²) in [5.74, 6) is 5.51. The van der Waals surface area contributed by atoms with Crippen molar-refractivity contribution in [2.75, 3.05) is 26.3 Å². The molecule has 0 bridgehead atoms. The van der Waals surface area contributed by atoms with Gasteiger partial charge in [-0.25, -0.2) is 5.01 Å². The molecule has 0 unspecified atom stereocenters. The van der Waals surface area contributed by atoms with E-state index in [2.05, 4.69) is 6.92 Å². The molecule has 0 radical (unpaired) electrons. The Kier molecular flexibility index (Phi) is 6.91. The van der Waals surface area contributed by atoms with Crippen LogP contribution in [0.4, 0.5) is 0 Å². The lowest BCUT2D eigenvalue weighted by Crippen LogP contribution is -2.33. The summed E-state index contributed by atoms with van der Waals surface area (Å²) in [6.07, 6.45) is 1.08. The van der Waals surface area contributed by atoms with Crippen LogP contribution in [0.2, 0.25) is 0 Å². The Morgan fingerprint density at radius 2 is 2.00 bits per heavy atom. The first-order valence-corrected chi connectivity index (χ1v) is 3.88. The van der Waals surface area contributed by atoms with Gasteiger partial charge in [0.05, 0.1) is 6.61 Å². The Hall–Kier alpha value is -0.120. The minimum absolute atomic E-state index is 0.748. The molecule has 0 aliphatic heterocycles. The largest absolute Gasteiger partial charge is 0.380 e. The molecule has 0 atom stereocenters. The predicted molar refractivity (Wildman–Crippen MR) is 42.5 cm³/mol. The predicted octanol–water partition coefficient (Wildman–Crippen LogP) is 0.609. The van der Waals surface area contributed by atoms with E-state index in [9.17, 15) is 0 Å². The van der Waals surface area contributed by atoms with Gasteiger partial charge in [-0.1, -0.05) is 13.8 Å². The number of hydrazine groups is 1. The van der Waals surface area contributed by atoms with Crippen LogP contribution in [0, 0.1) is 0 Å². The van der Waals surface area contributed by atoms with E-state index < -0.39 is 0 Å². The Balaban J connectivity index is 2.89. The molecule has 0 aliphatic rings. The average molecular weight is 146 g/mol. The first-order chi connectivity index (χ1) is 4.81. The van der Waals surface area contributed by atoms with Crippen molar-refractivity contribution in [3.8, 4) is 0 Å². The van der Waals surface area contributed by atoms with Crippen molar-refractivity contribution in [2.24, 2.45) is 5.84 Å². The summed E-state index contributed by atoms with van der Waals surface area (Å²) >= 11 is 0. The van der Waals surface area contributed by atoms with Gasteiger partial charge in [0.25, 0.3) is 0 Å². The van der Waals surface area contributed by atoms with E-state index in [-0.39, 0.29) is 0 Å². The smallest absolute Gasteiger partial charge is 0.0607 e. The highest BCUT2D eigenvalue weighted by molar-refractivity contribution is 4.41. The van der Waals surface area contributed by atoms with Gasteiger partial charge in [-0.2, -0.15) is 0 Å². The highest BCUT2D eigenvalue weighted by atomic mass is 16.5. The Bertz CT molecular complexity index is 68.6. The van der Waals surface area contributed by atoms with Crippen LogP contribution in [-0.4, -0.2) is 31.3 Å². The minimum atomic E-state index is 0.748. The molecule has 0 fully saturated rings. The maximum Gasteiger partial charge on any atom is 0.0607 e. The number of ether oxygens (including phenoxy) is 1. The van der Waals surface area contributed by atoms with Gasteiger partial charge in [0.2, 0.25) is 0 Å². The number of rotatable bonds is 6. The van der Waals surface area contributed by atoms with E-state index in [0.717, 1.165) is 32.7 Å². The topological polar surface area (TPSA) is 38.5 Å². The van der Waals surface area contributed by atoms with Crippen LogP contribution in [0.5, 0.6) is 0 Å². The number of nitrogens with two attached hydrogens (primary N) is 1. The summed E-state index contributed by atoms with van der Waals surface area (Å²) in [7, 11) is 0. The molecule has 3 nitrogen and oxygen atoms in total. The van der Waals surface area contributed by atoms with Crippen molar-refractivity contribution in [1.29, 1.82) is 0 Å². The maximum atomic E-state index is 5.51. The van der Waals surface area contributed by atoms with E-state index in [1.165, 1.54) is 0 Å². The lowest BCUT2D eigenvalue weighted by Gasteiger charge is -2.12. The zero-order valence-corrected chi connectivity index (χ0v) is 6.97. The van der Waals surface area contributed by atoms with Crippen LogP contribution < -0.4 is 5.84 Å². The van der Waals surface area contributed by atoms with E-state index in [4.69, 9.17) is 10.6 Å². The van der Waals surface area contributed by atoms with Gasteiger partial charge in [-0.05, 0) is 6.42 Å². The monoisotopic (exact) mass is 146 g/mol. The van der Waals surface area contributed by atoms with Gasteiger partial charge in [-0.3, -0.25) is 5.84 Å². The zero-order valence-electron chi connectivity index (χ0n) is 6.97. The van der Waals surface area contributed by atoms with Crippen LogP contribution in [0.1, 0.15) is 20.3 Å².